The molecule has 0 amide bonds. The summed E-state index contributed by atoms with van der Waals surface area (Å²) < 4.78 is 1.14. The van der Waals surface area contributed by atoms with Crippen molar-refractivity contribution in [1.82, 2.24) is 0 Å². The van der Waals surface area contributed by atoms with E-state index in [9.17, 15) is 4.79 Å². The van der Waals surface area contributed by atoms with Gasteiger partial charge in [-0.15, -0.1) is 0 Å². The van der Waals surface area contributed by atoms with Crippen LogP contribution in [-0.2, 0) is 0 Å². The van der Waals surface area contributed by atoms with Gasteiger partial charge in [0.25, 0.3) is 0 Å². The molecule has 0 aromatic heterocycles. The molecule has 0 unspecified atom stereocenters. The van der Waals surface area contributed by atoms with Crippen LogP contribution in [0.5, 0.6) is 5.75 Å². The van der Waals surface area contributed by atoms with Gasteiger partial charge < -0.3 is 10.2 Å². The number of carboxylic acids is 1. The molecule has 0 saturated heterocycles. The molecule has 4 heteroatoms. The lowest BCUT2D eigenvalue weighted by molar-refractivity contribution is 0.0693. The monoisotopic (exact) mass is 279 g/mol. The number of rotatable bonds is 1. The number of hydrogen-bond donors (Lipinski definition) is 2. The number of carboxylic acid groups (broad SMARTS) is 1. The van der Waals surface area contributed by atoms with Crippen molar-refractivity contribution in [2.75, 3.05) is 0 Å². The van der Waals surface area contributed by atoms with Crippen LogP contribution in [0.2, 0.25) is 8.55 Å². The fraction of sp³-hybridized carbons (Fsp3) is 0.533. The standard InChI is InChI=1S/C7H6O3.2C4H9.Al/c8-6-4-2-1-3-5(6)7(9)10;2*1-4(2)3;/h1-4,8H,(H,9,10);2*1-3H3;. The Bertz CT molecular complexity index is 402. The first kappa shape index (κ1) is 18.0. The molecular formula is C15H24AlO3. The van der Waals surface area contributed by atoms with E-state index in [1.165, 1.54) is 12.1 Å². The second-order valence-corrected chi connectivity index (χ2v) is 10.5. The van der Waals surface area contributed by atoms with Crippen LogP contribution in [0.4, 0.5) is 0 Å². The Morgan fingerprint density at radius 1 is 1.00 bits per heavy atom. The average Bonchev–Trinajstić information content (AvgIpc) is 2.12. The number of aromatic carboxylic acids is 1. The third-order valence-corrected chi connectivity index (χ3v) is 3.73. The first-order chi connectivity index (χ1) is 8.42. The van der Waals surface area contributed by atoms with Gasteiger partial charge in [-0.1, -0.05) is 62.2 Å². The van der Waals surface area contributed by atoms with Crippen molar-refractivity contribution in [3.05, 3.63) is 29.8 Å². The lowest BCUT2D eigenvalue weighted by Crippen LogP contribution is -2.18. The van der Waals surface area contributed by atoms with Crippen LogP contribution < -0.4 is 0 Å². The number of benzene rings is 1. The summed E-state index contributed by atoms with van der Waals surface area (Å²) in [5.74, 6) is -1.31. The van der Waals surface area contributed by atoms with E-state index in [-0.39, 0.29) is 11.3 Å². The number of aromatic hydroxyl groups is 1. The summed E-state index contributed by atoms with van der Waals surface area (Å²) in [4.78, 5) is 10.3. The molecular weight excluding hydrogens is 255 g/mol. The number of phenols is 1. The van der Waals surface area contributed by atoms with Gasteiger partial charge in [0.1, 0.15) is 11.3 Å². The van der Waals surface area contributed by atoms with Crippen molar-refractivity contribution in [3.63, 3.8) is 0 Å². The van der Waals surface area contributed by atoms with Gasteiger partial charge in [-0.2, -0.15) is 0 Å². The third-order valence-electron chi connectivity index (χ3n) is 2.00. The Kier molecular flexibility index (Phi) is 6.62. The maximum Gasteiger partial charge on any atom is 0.339 e. The van der Waals surface area contributed by atoms with E-state index in [2.05, 4.69) is 41.5 Å². The fourth-order valence-electron chi connectivity index (χ4n) is 1.95. The highest BCUT2D eigenvalue weighted by Gasteiger charge is 2.22. The van der Waals surface area contributed by atoms with Gasteiger partial charge in [0.2, 0.25) is 15.2 Å². The number of carbonyl (C=O) groups is 1. The second-order valence-electron chi connectivity index (χ2n) is 6.70. The predicted octanol–water partition coefficient (Wildman–Crippen LogP) is 4.22. The van der Waals surface area contributed by atoms with Gasteiger partial charge in [0.15, 0.2) is 0 Å². The van der Waals surface area contributed by atoms with E-state index in [1.54, 1.807) is 12.1 Å². The van der Waals surface area contributed by atoms with Crippen LogP contribution in [0.15, 0.2) is 24.3 Å². The zero-order chi connectivity index (χ0) is 15.3. The topological polar surface area (TPSA) is 57.5 Å². The maximum absolute atomic E-state index is 10.3. The van der Waals surface area contributed by atoms with Crippen molar-refractivity contribution in [2.24, 2.45) is 0 Å². The summed E-state index contributed by atoms with van der Waals surface area (Å²) in [7, 11) is 0. The fourth-order valence-corrected chi connectivity index (χ4v) is 4.55. The zero-order valence-corrected chi connectivity index (χ0v) is 13.8. The normalized spacial score (nSPS) is 11.3. The Morgan fingerprint density at radius 2 is 1.42 bits per heavy atom. The van der Waals surface area contributed by atoms with E-state index in [4.69, 9.17) is 10.2 Å². The average molecular weight is 279 g/mol. The first-order valence-electron chi connectivity index (χ1n) is 6.31. The van der Waals surface area contributed by atoms with Crippen LogP contribution in [0.1, 0.15) is 51.9 Å². The van der Waals surface area contributed by atoms with Gasteiger partial charge in [0.05, 0.1) is 0 Å². The molecule has 1 rings (SSSR count). The molecule has 0 heterocycles. The molecule has 0 atom stereocenters. The molecule has 19 heavy (non-hydrogen) atoms. The molecule has 105 valence electrons. The second kappa shape index (κ2) is 6.98. The molecule has 0 aliphatic carbocycles. The highest BCUT2D eigenvalue weighted by atomic mass is 27.1. The molecule has 0 aliphatic heterocycles. The molecule has 0 fully saturated rings. The van der Waals surface area contributed by atoms with Gasteiger partial charge in [0, 0.05) is 0 Å². The van der Waals surface area contributed by atoms with E-state index in [0.29, 0.717) is 23.8 Å². The van der Waals surface area contributed by atoms with Crippen molar-refractivity contribution in [1.29, 1.82) is 0 Å². The predicted molar refractivity (Wildman–Crippen MR) is 80.3 cm³/mol. The highest BCUT2D eigenvalue weighted by Crippen LogP contribution is 2.33. The minimum atomic E-state index is -1.11. The largest absolute Gasteiger partial charge is 0.507 e. The van der Waals surface area contributed by atoms with Gasteiger partial charge in [-0.05, 0) is 12.1 Å². The minimum Gasteiger partial charge on any atom is -0.507 e. The summed E-state index contributed by atoms with van der Waals surface area (Å²) in [6.45, 7) is 14.0. The van der Waals surface area contributed by atoms with Crippen molar-refractivity contribution in [2.45, 2.75) is 50.1 Å². The van der Waals surface area contributed by atoms with Crippen LogP contribution >= 0.6 is 0 Å². The van der Waals surface area contributed by atoms with Crippen molar-refractivity contribution in [3.8, 4) is 5.75 Å². The Hall–Kier alpha value is -0.978. The smallest absolute Gasteiger partial charge is 0.339 e. The van der Waals surface area contributed by atoms with E-state index < -0.39 is 5.97 Å². The van der Waals surface area contributed by atoms with Crippen molar-refractivity contribution >= 4 is 21.2 Å². The lowest BCUT2D eigenvalue weighted by Gasteiger charge is -2.26. The van der Waals surface area contributed by atoms with Gasteiger partial charge in [-0.25, -0.2) is 4.79 Å². The van der Waals surface area contributed by atoms with Crippen LogP contribution in [0, 0.1) is 0 Å². The Labute approximate surface area is 122 Å². The first-order valence-corrected chi connectivity index (χ1v) is 7.46. The molecule has 0 saturated carbocycles. The highest BCUT2D eigenvalue weighted by molar-refractivity contribution is 6.43. The molecule has 3 nitrogen and oxygen atoms in total. The summed E-state index contributed by atoms with van der Waals surface area (Å²) in [5, 5.41) is 17.3. The van der Waals surface area contributed by atoms with E-state index >= 15 is 0 Å². The Morgan fingerprint density at radius 3 is 1.63 bits per heavy atom. The van der Waals surface area contributed by atoms with Crippen LogP contribution in [-0.4, -0.2) is 31.4 Å². The summed E-state index contributed by atoms with van der Waals surface area (Å²) in [5.41, 5.74) is -0.0671. The Balaban J connectivity index is 0.000000344. The molecule has 0 spiro atoms. The van der Waals surface area contributed by atoms with Crippen LogP contribution in [0.3, 0.4) is 0 Å². The van der Waals surface area contributed by atoms with Gasteiger partial charge >= 0.3 is 5.97 Å². The number of para-hydroxylation sites is 1. The molecule has 0 bridgehead atoms. The summed E-state index contributed by atoms with van der Waals surface area (Å²) >= 11 is 0.569. The molecule has 1 aromatic rings. The zero-order valence-electron chi connectivity index (χ0n) is 12.7. The van der Waals surface area contributed by atoms with E-state index in [0.717, 1.165) is 0 Å². The summed E-state index contributed by atoms with van der Waals surface area (Å²) in [6.07, 6.45) is 0. The van der Waals surface area contributed by atoms with Crippen molar-refractivity contribution < 1.29 is 15.0 Å². The SMILES string of the molecule is C[C](C)(C)[Al][C](C)(C)C.O=C(O)c1ccccc1O. The molecule has 0 aliphatic rings. The van der Waals surface area contributed by atoms with Gasteiger partial charge in [-0.3, -0.25) is 0 Å². The third kappa shape index (κ3) is 9.58. The lowest BCUT2D eigenvalue weighted by atomic mass is 10.2. The molecule has 1 radical (unpaired) electrons. The van der Waals surface area contributed by atoms with Crippen LogP contribution in [0.25, 0.3) is 0 Å². The molecule has 1 aromatic carbocycles. The number of hydrogen-bond acceptors (Lipinski definition) is 2. The van der Waals surface area contributed by atoms with E-state index in [1.807, 2.05) is 0 Å². The quantitative estimate of drug-likeness (QED) is 0.757. The molecule has 2 N–H and O–H groups in total. The maximum atomic E-state index is 10.3. The summed E-state index contributed by atoms with van der Waals surface area (Å²) in [6, 6.07) is 5.81. The minimum absolute atomic E-state index is 0.0671.